The van der Waals surface area contributed by atoms with Gasteiger partial charge in [-0.25, -0.2) is 4.98 Å². The van der Waals surface area contributed by atoms with Gasteiger partial charge in [-0.1, -0.05) is 44.2 Å². The number of pyridine rings is 1. The van der Waals surface area contributed by atoms with Crippen LogP contribution in [0.25, 0.3) is 22.4 Å². The van der Waals surface area contributed by atoms with Crippen LogP contribution in [0.2, 0.25) is 0 Å². The Morgan fingerprint density at radius 3 is 2.50 bits per heavy atom. The number of hydrogen-bond acceptors (Lipinski definition) is 7. The maximum atomic E-state index is 12.6. The van der Waals surface area contributed by atoms with Crippen molar-refractivity contribution in [3.63, 3.8) is 0 Å². The van der Waals surface area contributed by atoms with E-state index < -0.39 is 0 Å². The van der Waals surface area contributed by atoms with Crippen LogP contribution < -0.4 is 21.3 Å². The SMILES string of the molecule is CC(=O)N(C)c1cncc(-c2cccc(-c3csc(NC(=O)CNC(=O)c4cccc(C(C)(C)CN)c4)n3)c2)c1. The lowest BCUT2D eigenvalue weighted by Gasteiger charge is -2.23. The molecule has 0 aliphatic carbocycles. The minimum atomic E-state index is -0.376. The van der Waals surface area contributed by atoms with Crippen molar-refractivity contribution >= 4 is 39.9 Å². The summed E-state index contributed by atoms with van der Waals surface area (Å²) in [7, 11) is 1.71. The van der Waals surface area contributed by atoms with Gasteiger partial charge in [0, 0.05) is 54.2 Å². The zero-order valence-corrected chi connectivity index (χ0v) is 23.7. The minimum absolute atomic E-state index is 0.0786. The monoisotopic (exact) mass is 556 g/mol. The first kappa shape index (κ1) is 28.6. The maximum Gasteiger partial charge on any atom is 0.251 e. The average molecular weight is 557 g/mol. The number of hydrogen-bond donors (Lipinski definition) is 3. The van der Waals surface area contributed by atoms with E-state index in [0.717, 1.165) is 22.3 Å². The lowest BCUT2D eigenvalue weighted by molar-refractivity contribution is -0.116. The highest BCUT2D eigenvalue weighted by Crippen LogP contribution is 2.30. The Labute approximate surface area is 237 Å². The second kappa shape index (κ2) is 12.2. The van der Waals surface area contributed by atoms with Gasteiger partial charge < -0.3 is 21.3 Å². The molecule has 0 aliphatic heterocycles. The molecule has 10 heteroatoms. The third kappa shape index (κ3) is 6.77. The van der Waals surface area contributed by atoms with E-state index >= 15 is 0 Å². The topological polar surface area (TPSA) is 130 Å². The van der Waals surface area contributed by atoms with Crippen LogP contribution in [0.4, 0.5) is 10.8 Å². The second-order valence-corrected chi connectivity index (χ2v) is 10.9. The van der Waals surface area contributed by atoms with E-state index in [2.05, 4.69) is 20.6 Å². The van der Waals surface area contributed by atoms with Crippen molar-refractivity contribution in [2.24, 2.45) is 5.73 Å². The molecule has 0 saturated heterocycles. The molecule has 0 fully saturated rings. The van der Waals surface area contributed by atoms with Crippen LogP contribution >= 0.6 is 11.3 Å². The van der Waals surface area contributed by atoms with Gasteiger partial charge in [-0.2, -0.15) is 0 Å². The molecule has 2 heterocycles. The number of nitrogens with zero attached hydrogens (tertiary/aromatic N) is 3. The molecule has 0 radical (unpaired) electrons. The molecule has 4 rings (SSSR count). The zero-order chi connectivity index (χ0) is 28.9. The van der Waals surface area contributed by atoms with E-state index in [1.54, 1.807) is 31.6 Å². The van der Waals surface area contributed by atoms with Crippen LogP contribution in [-0.2, 0) is 15.0 Å². The minimum Gasteiger partial charge on any atom is -0.343 e. The summed E-state index contributed by atoms with van der Waals surface area (Å²) in [5.74, 6) is -0.793. The van der Waals surface area contributed by atoms with E-state index in [4.69, 9.17) is 5.73 Å². The average Bonchev–Trinajstić information content (AvgIpc) is 3.44. The first-order valence-corrected chi connectivity index (χ1v) is 13.6. The van der Waals surface area contributed by atoms with E-state index in [-0.39, 0.29) is 29.7 Å². The summed E-state index contributed by atoms with van der Waals surface area (Å²) in [5, 5.41) is 7.70. The first-order chi connectivity index (χ1) is 19.1. The number of thiazole rings is 1. The zero-order valence-electron chi connectivity index (χ0n) is 22.9. The first-order valence-electron chi connectivity index (χ1n) is 12.7. The summed E-state index contributed by atoms with van der Waals surface area (Å²) >= 11 is 1.30. The molecular weight excluding hydrogens is 524 g/mol. The van der Waals surface area contributed by atoms with Gasteiger partial charge in [0.1, 0.15) is 0 Å². The lowest BCUT2D eigenvalue weighted by atomic mass is 9.84. The Balaban J connectivity index is 1.39. The molecule has 2 aromatic carbocycles. The fraction of sp³-hybridized carbons (Fsp3) is 0.233. The van der Waals surface area contributed by atoms with Crippen LogP contribution in [-0.4, -0.2) is 47.8 Å². The van der Waals surface area contributed by atoms with Gasteiger partial charge in [-0.05, 0) is 35.4 Å². The maximum absolute atomic E-state index is 12.6. The Morgan fingerprint density at radius 2 is 1.75 bits per heavy atom. The lowest BCUT2D eigenvalue weighted by Crippen LogP contribution is -2.33. The number of nitrogens with two attached hydrogens (primary N) is 1. The van der Waals surface area contributed by atoms with Gasteiger partial charge in [0.15, 0.2) is 5.13 Å². The molecule has 40 heavy (non-hydrogen) atoms. The van der Waals surface area contributed by atoms with E-state index in [1.807, 2.05) is 61.7 Å². The van der Waals surface area contributed by atoms with Crippen LogP contribution in [0.5, 0.6) is 0 Å². The molecule has 2 aromatic heterocycles. The van der Waals surface area contributed by atoms with Gasteiger partial charge in [0.25, 0.3) is 5.91 Å². The molecular formula is C30H32N6O3S. The molecule has 0 saturated carbocycles. The largest absolute Gasteiger partial charge is 0.343 e. The van der Waals surface area contributed by atoms with Gasteiger partial charge in [0.05, 0.1) is 24.1 Å². The van der Waals surface area contributed by atoms with E-state index in [0.29, 0.717) is 28.6 Å². The summed E-state index contributed by atoms with van der Waals surface area (Å²) in [6, 6.07) is 17.0. The van der Waals surface area contributed by atoms with Crippen molar-refractivity contribution in [1.82, 2.24) is 15.3 Å². The number of benzene rings is 2. The molecule has 4 N–H and O–H groups in total. The van der Waals surface area contributed by atoms with Crippen molar-refractivity contribution in [3.05, 3.63) is 83.5 Å². The smallest absolute Gasteiger partial charge is 0.251 e. The molecule has 0 unspecified atom stereocenters. The quantitative estimate of drug-likeness (QED) is 0.279. The van der Waals surface area contributed by atoms with Gasteiger partial charge in [-0.15, -0.1) is 11.3 Å². The van der Waals surface area contributed by atoms with Crippen LogP contribution in [0.1, 0.15) is 36.7 Å². The molecule has 0 aliphatic rings. The Bertz CT molecular complexity index is 1550. The summed E-state index contributed by atoms with van der Waals surface area (Å²) in [6.07, 6.45) is 3.39. The number of rotatable bonds is 9. The Hall–Kier alpha value is -4.41. The Kier molecular flexibility index (Phi) is 8.71. The summed E-state index contributed by atoms with van der Waals surface area (Å²) in [6.45, 7) is 5.79. The van der Waals surface area contributed by atoms with Crippen LogP contribution in [0.15, 0.2) is 72.4 Å². The fourth-order valence-corrected chi connectivity index (χ4v) is 4.63. The van der Waals surface area contributed by atoms with Gasteiger partial charge in [0.2, 0.25) is 11.8 Å². The van der Waals surface area contributed by atoms with Crippen molar-refractivity contribution in [2.45, 2.75) is 26.2 Å². The molecule has 4 aromatic rings. The van der Waals surface area contributed by atoms with E-state index in [1.165, 1.54) is 23.2 Å². The van der Waals surface area contributed by atoms with Crippen LogP contribution in [0.3, 0.4) is 0 Å². The normalized spacial score (nSPS) is 11.1. The number of carbonyl (C=O) groups excluding carboxylic acids is 3. The number of anilines is 2. The third-order valence-electron chi connectivity index (χ3n) is 6.65. The van der Waals surface area contributed by atoms with E-state index in [9.17, 15) is 14.4 Å². The van der Waals surface area contributed by atoms with Crippen LogP contribution in [0, 0.1) is 0 Å². The predicted octanol–water partition coefficient (Wildman–Crippen LogP) is 4.46. The van der Waals surface area contributed by atoms with Crippen molar-refractivity contribution in [2.75, 3.05) is 30.4 Å². The van der Waals surface area contributed by atoms with Crippen molar-refractivity contribution in [3.8, 4) is 22.4 Å². The summed E-state index contributed by atoms with van der Waals surface area (Å²) in [5.41, 5.74) is 11.1. The predicted molar refractivity (Wildman–Crippen MR) is 159 cm³/mol. The fourth-order valence-electron chi connectivity index (χ4n) is 3.90. The number of nitrogens with one attached hydrogen (secondary N) is 2. The van der Waals surface area contributed by atoms with Gasteiger partial charge >= 0.3 is 0 Å². The summed E-state index contributed by atoms with van der Waals surface area (Å²) in [4.78, 5) is 47.3. The molecule has 3 amide bonds. The second-order valence-electron chi connectivity index (χ2n) is 10.0. The molecule has 0 bridgehead atoms. The highest BCUT2D eigenvalue weighted by molar-refractivity contribution is 7.14. The molecule has 0 spiro atoms. The third-order valence-corrected chi connectivity index (χ3v) is 7.41. The van der Waals surface area contributed by atoms with Crippen molar-refractivity contribution < 1.29 is 14.4 Å². The Morgan fingerprint density at radius 1 is 1.00 bits per heavy atom. The highest BCUT2D eigenvalue weighted by Gasteiger charge is 2.20. The molecule has 9 nitrogen and oxygen atoms in total. The van der Waals surface area contributed by atoms with Crippen molar-refractivity contribution in [1.29, 1.82) is 0 Å². The standard InChI is InChI=1S/C30H32N6O3S/c1-19(37)36(4)25-13-23(14-32-15-25)20-7-5-8-21(11-20)26-17-40-29(34-26)35-27(38)16-33-28(39)22-9-6-10-24(12-22)30(2,3)18-31/h5-15,17H,16,18,31H2,1-4H3,(H,33,39)(H,34,35,38). The summed E-state index contributed by atoms with van der Waals surface area (Å²) < 4.78 is 0. The van der Waals surface area contributed by atoms with Gasteiger partial charge in [-0.3, -0.25) is 19.4 Å². The molecule has 206 valence electrons. The number of amides is 3. The molecule has 0 atom stereocenters. The number of aromatic nitrogens is 2. The highest BCUT2D eigenvalue weighted by atomic mass is 32.1. The number of carbonyl (C=O) groups is 3.